The van der Waals surface area contributed by atoms with E-state index in [1.807, 2.05) is 0 Å². The predicted octanol–water partition coefficient (Wildman–Crippen LogP) is 13.8. The Labute approximate surface area is 290 Å². The van der Waals surface area contributed by atoms with Crippen molar-refractivity contribution in [1.29, 1.82) is 0 Å². The lowest BCUT2D eigenvalue weighted by Gasteiger charge is -2.29. The third-order valence-corrected chi connectivity index (χ3v) is 10.0. The highest BCUT2D eigenvalue weighted by Crippen LogP contribution is 2.48. The van der Waals surface area contributed by atoms with Gasteiger partial charge in [0, 0.05) is 32.3 Å². The molecule has 0 unspecified atom stereocenters. The zero-order chi connectivity index (χ0) is 33.0. The highest BCUT2D eigenvalue weighted by molar-refractivity contribution is 6.23. The van der Waals surface area contributed by atoms with Crippen LogP contribution in [0.5, 0.6) is 0 Å². The quantitative estimate of drug-likeness (QED) is 0.187. The summed E-state index contributed by atoms with van der Waals surface area (Å²) in [7, 11) is 0. The molecule has 0 saturated carbocycles. The third-order valence-electron chi connectivity index (χ3n) is 10.0. The number of benzene rings is 9. The van der Waals surface area contributed by atoms with Crippen molar-refractivity contribution in [3.8, 4) is 22.3 Å². The zero-order valence-corrected chi connectivity index (χ0v) is 27.3. The van der Waals surface area contributed by atoms with Crippen molar-refractivity contribution in [2.45, 2.75) is 0 Å². The summed E-state index contributed by atoms with van der Waals surface area (Å²) in [5, 5.41) is 9.25. The van der Waals surface area contributed by atoms with Gasteiger partial charge in [-0.2, -0.15) is 0 Å². The van der Waals surface area contributed by atoms with E-state index in [-0.39, 0.29) is 0 Å². The SMILES string of the molecule is c1ccc(-c2ccc(-c3cccc4oc5c6ccccc6c(N(c6cccc7ccccc67)c6cccc7ccccc67)cc5c34)cc2)cc1. The second-order valence-electron chi connectivity index (χ2n) is 12.9. The molecule has 2 nitrogen and oxygen atoms in total. The second kappa shape index (κ2) is 11.5. The Bertz CT molecular complexity index is 2780. The Morgan fingerprint density at radius 2 is 0.860 bits per heavy atom. The van der Waals surface area contributed by atoms with Crippen molar-refractivity contribution >= 4 is 71.3 Å². The molecule has 0 aliphatic rings. The zero-order valence-electron chi connectivity index (χ0n) is 27.3. The molecule has 0 fully saturated rings. The summed E-state index contributed by atoms with van der Waals surface area (Å²) in [6.45, 7) is 0. The monoisotopic (exact) mass is 637 g/mol. The van der Waals surface area contributed by atoms with Gasteiger partial charge in [0.1, 0.15) is 11.2 Å². The first kappa shape index (κ1) is 28.4. The summed E-state index contributed by atoms with van der Waals surface area (Å²) in [4.78, 5) is 2.46. The molecule has 50 heavy (non-hydrogen) atoms. The van der Waals surface area contributed by atoms with Gasteiger partial charge in [0.25, 0.3) is 0 Å². The number of hydrogen-bond acceptors (Lipinski definition) is 2. The minimum atomic E-state index is 0.883. The van der Waals surface area contributed by atoms with Gasteiger partial charge in [0.2, 0.25) is 0 Å². The van der Waals surface area contributed by atoms with Crippen molar-refractivity contribution in [1.82, 2.24) is 0 Å². The maximum Gasteiger partial charge on any atom is 0.143 e. The van der Waals surface area contributed by atoms with Crippen molar-refractivity contribution < 1.29 is 4.42 Å². The maximum absolute atomic E-state index is 6.79. The van der Waals surface area contributed by atoms with E-state index in [1.165, 1.54) is 32.7 Å². The fraction of sp³-hybridized carbons (Fsp3) is 0. The van der Waals surface area contributed by atoms with Crippen LogP contribution < -0.4 is 4.90 Å². The molecule has 0 N–H and O–H groups in total. The Kier molecular flexibility index (Phi) is 6.53. The molecule has 1 heterocycles. The van der Waals surface area contributed by atoms with Crippen molar-refractivity contribution in [3.05, 3.63) is 188 Å². The lowest BCUT2D eigenvalue weighted by molar-refractivity contribution is 0.673. The van der Waals surface area contributed by atoms with Gasteiger partial charge in [-0.25, -0.2) is 0 Å². The van der Waals surface area contributed by atoms with Crippen LogP contribution in [-0.4, -0.2) is 0 Å². The number of anilines is 3. The van der Waals surface area contributed by atoms with Gasteiger partial charge in [0.15, 0.2) is 0 Å². The van der Waals surface area contributed by atoms with Crippen LogP contribution in [-0.2, 0) is 0 Å². The standard InChI is InChI=1S/C48H31NO/c1-2-13-32(14-3-1)33-27-29-36(30-28-33)39-23-12-26-46-47(39)42-31-45(40-21-8-9-22-41(40)48(42)50-46)49(43-24-10-17-34-15-4-6-19-37(34)43)44-25-11-18-35-16-5-7-20-38(35)44/h1-31H. The van der Waals surface area contributed by atoms with Crippen LogP contribution in [0.1, 0.15) is 0 Å². The number of nitrogens with zero attached hydrogens (tertiary/aromatic N) is 1. The van der Waals surface area contributed by atoms with Crippen molar-refractivity contribution in [3.63, 3.8) is 0 Å². The van der Waals surface area contributed by atoms with Gasteiger partial charge in [-0.05, 0) is 57.3 Å². The molecule has 0 aliphatic carbocycles. The first-order valence-corrected chi connectivity index (χ1v) is 17.1. The summed E-state index contributed by atoms with van der Waals surface area (Å²) < 4.78 is 6.79. The molecule has 0 spiro atoms. The van der Waals surface area contributed by atoms with Crippen molar-refractivity contribution in [2.75, 3.05) is 4.90 Å². The summed E-state index contributed by atoms with van der Waals surface area (Å²) >= 11 is 0. The van der Waals surface area contributed by atoms with E-state index >= 15 is 0 Å². The molecule has 0 aliphatic heterocycles. The molecule has 2 heteroatoms. The maximum atomic E-state index is 6.79. The van der Waals surface area contributed by atoms with Gasteiger partial charge in [-0.1, -0.05) is 164 Å². The van der Waals surface area contributed by atoms with Crippen LogP contribution in [0.3, 0.4) is 0 Å². The van der Waals surface area contributed by atoms with Gasteiger partial charge in [-0.3, -0.25) is 0 Å². The van der Waals surface area contributed by atoms with Crippen LogP contribution >= 0.6 is 0 Å². The minimum Gasteiger partial charge on any atom is -0.455 e. The normalized spacial score (nSPS) is 11.6. The molecule has 9 aromatic carbocycles. The lowest BCUT2D eigenvalue weighted by Crippen LogP contribution is -2.11. The van der Waals surface area contributed by atoms with Crippen LogP contribution in [0, 0.1) is 0 Å². The molecule has 0 atom stereocenters. The molecule has 10 aromatic rings. The molecule has 0 amide bonds. The van der Waals surface area contributed by atoms with E-state index in [0.29, 0.717) is 0 Å². The topological polar surface area (TPSA) is 16.4 Å². The van der Waals surface area contributed by atoms with E-state index in [2.05, 4.69) is 193 Å². The van der Waals surface area contributed by atoms with Crippen LogP contribution in [0.15, 0.2) is 192 Å². The average Bonchev–Trinajstić information content (AvgIpc) is 3.58. The highest BCUT2D eigenvalue weighted by Gasteiger charge is 2.23. The van der Waals surface area contributed by atoms with Crippen molar-refractivity contribution in [2.24, 2.45) is 0 Å². The van der Waals surface area contributed by atoms with Gasteiger partial charge < -0.3 is 9.32 Å². The number of furan rings is 1. The van der Waals surface area contributed by atoms with E-state index in [9.17, 15) is 0 Å². The summed E-state index contributed by atoms with van der Waals surface area (Å²) in [6.07, 6.45) is 0. The molecule has 10 rings (SSSR count). The lowest BCUT2D eigenvalue weighted by atomic mass is 9.95. The summed E-state index contributed by atoms with van der Waals surface area (Å²) in [5.74, 6) is 0. The highest BCUT2D eigenvalue weighted by atomic mass is 16.3. The van der Waals surface area contributed by atoms with Gasteiger partial charge in [0.05, 0.1) is 17.1 Å². The molecule has 0 bridgehead atoms. The number of hydrogen-bond donors (Lipinski definition) is 0. The second-order valence-corrected chi connectivity index (χ2v) is 12.9. The number of fused-ring (bicyclic) bond motifs is 7. The Morgan fingerprint density at radius 1 is 0.340 bits per heavy atom. The van der Waals surface area contributed by atoms with Crippen LogP contribution in [0.25, 0.3) is 76.5 Å². The van der Waals surface area contributed by atoms with E-state index < -0.39 is 0 Å². The van der Waals surface area contributed by atoms with E-state index in [4.69, 9.17) is 4.42 Å². The fourth-order valence-electron chi connectivity index (χ4n) is 7.72. The average molecular weight is 638 g/mol. The minimum absolute atomic E-state index is 0.883. The van der Waals surface area contributed by atoms with Crippen LogP contribution in [0.2, 0.25) is 0 Å². The largest absolute Gasteiger partial charge is 0.455 e. The van der Waals surface area contributed by atoms with Crippen LogP contribution in [0.4, 0.5) is 17.1 Å². The molecule has 1 aromatic heterocycles. The predicted molar refractivity (Wildman–Crippen MR) is 212 cm³/mol. The first-order chi connectivity index (χ1) is 24.8. The Hall–Kier alpha value is -6.64. The molecule has 234 valence electrons. The fourth-order valence-corrected chi connectivity index (χ4v) is 7.72. The summed E-state index contributed by atoms with van der Waals surface area (Å²) in [6, 6.07) is 67.4. The smallest absolute Gasteiger partial charge is 0.143 e. The summed E-state index contributed by atoms with van der Waals surface area (Å²) in [5.41, 5.74) is 9.89. The molecule has 0 radical (unpaired) electrons. The van der Waals surface area contributed by atoms with Gasteiger partial charge in [-0.15, -0.1) is 0 Å². The van der Waals surface area contributed by atoms with E-state index in [1.54, 1.807) is 0 Å². The Balaban J connectivity index is 1.28. The Morgan fingerprint density at radius 3 is 1.54 bits per heavy atom. The van der Waals surface area contributed by atoms with E-state index in [0.717, 1.165) is 60.9 Å². The molecular weight excluding hydrogens is 607 g/mol. The number of rotatable bonds is 5. The van der Waals surface area contributed by atoms with Gasteiger partial charge >= 0.3 is 0 Å². The molecular formula is C48H31NO. The first-order valence-electron chi connectivity index (χ1n) is 17.1. The molecule has 0 saturated heterocycles. The third kappa shape index (κ3) is 4.50.